The number of hydrogen-bond donors (Lipinski definition) is 0. The van der Waals surface area contributed by atoms with Gasteiger partial charge in [0.2, 0.25) is 0 Å². The molecule has 2 aliphatic rings. The van der Waals surface area contributed by atoms with Crippen LogP contribution in [0.3, 0.4) is 0 Å². The van der Waals surface area contributed by atoms with Crippen molar-refractivity contribution in [2.24, 2.45) is 0 Å². The van der Waals surface area contributed by atoms with Crippen LogP contribution in [-0.2, 0) is 0 Å². The molecule has 2 nitrogen and oxygen atoms in total. The summed E-state index contributed by atoms with van der Waals surface area (Å²) in [5.41, 5.74) is 12.4. The van der Waals surface area contributed by atoms with Gasteiger partial charge in [0.05, 0.1) is 22.8 Å². The van der Waals surface area contributed by atoms with Crippen molar-refractivity contribution in [3.05, 3.63) is 193 Å². The number of hydrogen-bond acceptors (Lipinski definition) is 2. The van der Waals surface area contributed by atoms with Gasteiger partial charge in [0.25, 0.3) is 0 Å². The lowest BCUT2D eigenvalue weighted by Crippen LogP contribution is -1.85. The maximum absolute atomic E-state index is 5.18. The van der Waals surface area contributed by atoms with E-state index < -0.39 is 0 Å². The zero-order valence-electron chi connectivity index (χ0n) is 25.4. The highest BCUT2D eigenvalue weighted by atomic mass is 14.7. The van der Waals surface area contributed by atoms with Crippen molar-refractivity contribution in [3.8, 4) is 44.5 Å². The quantitative estimate of drug-likeness (QED) is 0.204. The number of aromatic nitrogens is 2. The highest BCUT2D eigenvalue weighted by Crippen LogP contribution is 2.31. The Bertz CT molecular complexity index is 1810. The van der Waals surface area contributed by atoms with E-state index in [4.69, 9.17) is 9.97 Å². The lowest BCUT2D eigenvalue weighted by Gasteiger charge is -2.03. The monoisotopic (exact) mass is 588 g/mol. The highest BCUT2D eigenvalue weighted by molar-refractivity contribution is 5.87. The molecule has 3 heterocycles. The topological polar surface area (TPSA) is 25.8 Å². The fourth-order valence-corrected chi connectivity index (χ4v) is 5.72. The van der Waals surface area contributed by atoms with E-state index in [9.17, 15) is 0 Å². The smallest absolute Gasteiger partial charge is 0.0716 e. The van der Waals surface area contributed by atoms with Crippen LogP contribution in [0.25, 0.3) is 68.8 Å². The van der Waals surface area contributed by atoms with E-state index in [1.54, 1.807) is 0 Å². The Morgan fingerprint density at radius 3 is 0.630 bits per heavy atom. The minimum Gasteiger partial charge on any atom is -0.248 e. The Kier molecular flexibility index (Phi) is 8.51. The molecule has 2 heteroatoms. The molecular weight excluding hydrogens is 556 g/mol. The second kappa shape index (κ2) is 13.7. The summed E-state index contributed by atoms with van der Waals surface area (Å²) in [6.07, 6.45) is 8.46. The summed E-state index contributed by atoms with van der Waals surface area (Å²) < 4.78 is 0. The van der Waals surface area contributed by atoms with Gasteiger partial charge in [-0.2, -0.15) is 0 Å². The fraction of sp³-hybridized carbons (Fsp3) is 0. The second-order valence-electron chi connectivity index (χ2n) is 11.0. The Morgan fingerprint density at radius 1 is 0.217 bits per heavy atom. The Morgan fingerprint density at radius 2 is 0.413 bits per heavy atom. The normalized spacial score (nSPS) is 11.3. The van der Waals surface area contributed by atoms with Crippen molar-refractivity contribution in [1.29, 1.82) is 0 Å². The molecule has 7 rings (SSSR count). The van der Waals surface area contributed by atoms with Crippen molar-refractivity contribution >= 4 is 24.3 Å². The molecule has 4 bridgehead atoms. The van der Waals surface area contributed by atoms with E-state index in [-0.39, 0.29) is 0 Å². The van der Waals surface area contributed by atoms with Crippen molar-refractivity contribution in [2.75, 3.05) is 0 Å². The van der Waals surface area contributed by atoms with Crippen LogP contribution in [0, 0.1) is 0 Å². The molecule has 0 N–H and O–H groups in total. The zero-order valence-corrected chi connectivity index (χ0v) is 25.4. The lowest BCUT2D eigenvalue weighted by molar-refractivity contribution is 1.31. The van der Waals surface area contributed by atoms with E-state index in [0.29, 0.717) is 0 Å². The molecule has 0 spiro atoms. The third kappa shape index (κ3) is 6.38. The van der Waals surface area contributed by atoms with Gasteiger partial charge in [0.15, 0.2) is 0 Å². The fourth-order valence-electron chi connectivity index (χ4n) is 5.72. The molecule has 0 atom stereocenters. The number of fused-ring (bicyclic) bond motifs is 4. The van der Waals surface area contributed by atoms with Gasteiger partial charge in [0, 0.05) is 22.3 Å². The van der Waals surface area contributed by atoms with Crippen LogP contribution in [0.15, 0.2) is 170 Å². The highest BCUT2D eigenvalue weighted by Gasteiger charge is 2.12. The third-order valence-corrected chi connectivity index (χ3v) is 8.00. The first-order chi connectivity index (χ1) is 22.8. The summed E-state index contributed by atoms with van der Waals surface area (Å²) in [7, 11) is 0. The van der Waals surface area contributed by atoms with Gasteiger partial charge in [-0.25, -0.2) is 9.97 Å². The minimum absolute atomic E-state index is 0.929. The van der Waals surface area contributed by atoms with Gasteiger partial charge in [-0.15, -0.1) is 0 Å². The minimum atomic E-state index is 0.929. The average Bonchev–Trinajstić information content (AvgIpc) is 3.80. The van der Waals surface area contributed by atoms with Crippen molar-refractivity contribution < 1.29 is 0 Å². The molecule has 0 aliphatic carbocycles. The standard InChI is InChI=1S/C44H32N2/c1-5-17-33(18-6-1)37-25-13-14-26-39(35-21-9-3-10-22-35)43-31-32-44(46-43)40(36-23-11-4-12-24-36)28-16-15-27-38(34-19-7-2-8-20-34)42-30-29-41(37)45-42/h1-32H. The van der Waals surface area contributed by atoms with Crippen LogP contribution in [0.1, 0.15) is 22.8 Å². The Balaban J connectivity index is 1.54. The first-order valence-corrected chi connectivity index (χ1v) is 15.5. The van der Waals surface area contributed by atoms with Gasteiger partial charge in [-0.05, 0) is 46.6 Å². The first kappa shape index (κ1) is 28.6. The van der Waals surface area contributed by atoms with Gasteiger partial charge in [0.1, 0.15) is 0 Å². The largest absolute Gasteiger partial charge is 0.248 e. The maximum atomic E-state index is 5.18. The molecule has 0 saturated carbocycles. The van der Waals surface area contributed by atoms with Gasteiger partial charge < -0.3 is 0 Å². The Labute approximate surface area is 270 Å². The van der Waals surface area contributed by atoms with E-state index in [0.717, 1.165) is 67.3 Å². The Hall–Kier alpha value is -6.12. The summed E-state index contributed by atoms with van der Waals surface area (Å²) in [6, 6.07) is 58.8. The van der Waals surface area contributed by atoms with Crippen LogP contribution in [0.4, 0.5) is 0 Å². The molecular formula is C44H32N2. The van der Waals surface area contributed by atoms with Crippen LogP contribution >= 0.6 is 0 Å². The number of rotatable bonds is 4. The van der Waals surface area contributed by atoms with E-state index in [1.807, 2.05) is 24.3 Å². The molecule has 0 radical (unpaired) electrons. The average molecular weight is 589 g/mol. The van der Waals surface area contributed by atoms with Gasteiger partial charge in [-0.1, -0.05) is 170 Å². The van der Waals surface area contributed by atoms with Gasteiger partial charge >= 0.3 is 0 Å². The molecule has 0 fully saturated rings. The van der Waals surface area contributed by atoms with E-state index >= 15 is 0 Å². The predicted molar refractivity (Wildman–Crippen MR) is 195 cm³/mol. The summed E-state index contributed by atoms with van der Waals surface area (Å²) in [6.45, 7) is 0. The molecule has 218 valence electrons. The summed E-state index contributed by atoms with van der Waals surface area (Å²) >= 11 is 0. The van der Waals surface area contributed by atoms with E-state index in [1.165, 1.54) is 0 Å². The third-order valence-electron chi connectivity index (χ3n) is 8.00. The molecule has 1 aromatic heterocycles. The van der Waals surface area contributed by atoms with Crippen LogP contribution in [0.2, 0.25) is 0 Å². The van der Waals surface area contributed by atoms with Crippen molar-refractivity contribution in [2.45, 2.75) is 0 Å². The number of nitrogens with zero attached hydrogens (tertiary/aromatic N) is 2. The van der Waals surface area contributed by atoms with Gasteiger partial charge in [-0.3, -0.25) is 0 Å². The summed E-state index contributed by atoms with van der Waals surface area (Å²) in [5.74, 6) is 0. The maximum Gasteiger partial charge on any atom is 0.0716 e. The van der Waals surface area contributed by atoms with Crippen LogP contribution in [0.5, 0.6) is 0 Å². The van der Waals surface area contributed by atoms with Crippen LogP contribution in [-0.4, -0.2) is 9.97 Å². The van der Waals surface area contributed by atoms with Crippen molar-refractivity contribution in [3.63, 3.8) is 0 Å². The van der Waals surface area contributed by atoms with E-state index in [2.05, 4.69) is 170 Å². The molecule has 0 unspecified atom stereocenters. The molecule has 0 saturated heterocycles. The number of benzene rings is 4. The summed E-state index contributed by atoms with van der Waals surface area (Å²) in [4.78, 5) is 10.4. The second-order valence-corrected chi connectivity index (χ2v) is 11.0. The zero-order chi connectivity index (χ0) is 31.0. The van der Waals surface area contributed by atoms with Crippen molar-refractivity contribution in [1.82, 2.24) is 9.97 Å². The molecule has 46 heavy (non-hydrogen) atoms. The van der Waals surface area contributed by atoms with Crippen LogP contribution < -0.4 is 0 Å². The lowest BCUT2D eigenvalue weighted by atomic mass is 10.0. The molecule has 4 aromatic carbocycles. The molecule has 5 aromatic rings. The summed E-state index contributed by atoms with van der Waals surface area (Å²) in [5, 5.41) is 0. The first-order valence-electron chi connectivity index (χ1n) is 15.5. The SMILES string of the molecule is C1=Cc2nc1c(-c1ccccc1)ccccc(-c1ccccc1)c1nc(c(-c3ccccc3)ccccc2-c2ccccc2)C=C1. The molecule has 2 aliphatic heterocycles. The predicted octanol–water partition coefficient (Wildman–Crippen LogP) is 11.5. The molecule has 0 amide bonds.